The van der Waals surface area contributed by atoms with Crippen molar-refractivity contribution in [2.45, 2.75) is 31.1 Å². The number of aromatic nitrogens is 1. The number of rotatable bonds is 5. The van der Waals surface area contributed by atoms with E-state index in [1.165, 1.54) is 17.4 Å². The number of thioether (sulfide) groups is 1. The standard InChI is InChI=1S/C13H18N2O3S/c16-12(17)9-15-6-3-5-11(15)13(18)14-8-10-4-1-2-7-19-10/h3,5-6,10H,1-2,4,7-9H2,(H,14,18)(H,16,17). The molecule has 1 aliphatic rings. The van der Waals surface area contributed by atoms with Crippen molar-refractivity contribution < 1.29 is 14.7 Å². The van der Waals surface area contributed by atoms with Crippen LogP contribution >= 0.6 is 11.8 Å². The fourth-order valence-electron chi connectivity index (χ4n) is 2.17. The minimum absolute atomic E-state index is 0.187. The number of nitrogens with zero attached hydrogens (tertiary/aromatic N) is 1. The Balaban J connectivity index is 1.88. The number of carboxylic acids is 1. The number of carboxylic acid groups (broad SMARTS) is 1. The van der Waals surface area contributed by atoms with Gasteiger partial charge in [0, 0.05) is 18.0 Å². The van der Waals surface area contributed by atoms with E-state index in [-0.39, 0.29) is 12.5 Å². The van der Waals surface area contributed by atoms with Crippen molar-refractivity contribution >= 4 is 23.6 Å². The minimum Gasteiger partial charge on any atom is -0.480 e. The molecule has 0 saturated carbocycles. The summed E-state index contributed by atoms with van der Waals surface area (Å²) in [5.74, 6) is 0.0150. The lowest BCUT2D eigenvalue weighted by atomic mass is 10.2. The average molecular weight is 282 g/mol. The van der Waals surface area contributed by atoms with Crippen molar-refractivity contribution in [2.75, 3.05) is 12.3 Å². The highest BCUT2D eigenvalue weighted by Gasteiger charge is 2.17. The number of carbonyl (C=O) groups is 2. The Morgan fingerprint density at radius 2 is 2.32 bits per heavy atom. The van der Waals surface area contributed by atoms with Crippen molar-refractivity contribution in [1.29, 1.82) is 0 Å². The SMILES string of the molecule is O=C(O)Cn1cccc1C(=O)NCC1CCCCS1. The molecule has 0 bridgehead atoms. The second kappa shape index (κ2) is 6.65. The maximum absolute atomic E-state index is 12.0. The summed E-state index contributed by atoms with van der Waals surface area (Å²) in [4.78, 5) is 22.7. The Morgan fingerprint density at radius 3 is 3.00 bits per heavy atom. The molecule has 19 heavy (non-hydrogen) atoms. The summed E-state index contributed by atoms with van der Waals surface area (Å²) < 4.78 is 1.45. The van der Waals surface area contributed by atoms with Crippen LogP contribution in [0.25, 0.3) is 0 Å². The molecular weight excluding hydrogens is 264 g/mol. The molecule has 1 amide bonds. The van der Waals surface area contributed by atoms with Gasteiger partial charge in [-0.1, -0.05) is 6.42 Å². The Morgan fingerprint density at radius 1 is 1.47 bits per heavy atom. The summed E-state index contributed by atoms with van der Waals surface area (Å²) in [6, 6.07) is 3.33. The van der Waals surface area contributed by atoms with E-state index in [0.29, 0.717) is 17.5 Å². The quantitative estimate of drug-likeness (QED) is 0.860. The fraction of sp³-hybridized carbons (Fsp3) is 0.538. The molecule has 104 valence electrons. The highest BCUT2D eigenvalue weighted by atomic mass is 32.2. The molecule has 0 radical (unpaired) electrons. The Labute approximate surface area is 116 Å². The predicted molar refractivity (Wildman–Crippen MR) is 74.5 cm³/mol. The van der Waals surface area contributed by atoms with E-state index in [2.05, 4.69) is 5.32 Å². The summed E-state index contributed by atoms with van der Waals surface area (Å²) >= 11 is 1.90. The van der Waals surface area contributed by atoms with E-state index in [0.717, 1.165) is 12.2 Å². The van der Waals surface area contributed by atoms with Gasteiger partial charge >= 0.3 is 5.97 Å². The van der Waals surface area contributed by atoms with E-state index < -0.39 is 5.97 Å². The third-order valence-corrected chi connectivity index (χ3v) is 4.53. The number of carbonyl (C=O) groups excluding carboxylic acids is 1. The lowest BCUT2D eigenvalue weighted by Gasteiger charge is -2.21. The average Bonchev–Trinajstić information content (AvgIpc) is 2.84. The van der Waals surface area contributed by atoms with Gasteiger partial charge in [-0.15, -0.1) is 0 Å². The molecule has 1 atom stereocenters. The number of amides is 1. The van der Waals surface area contributed by atoms with Crippen LogP contribution < -0.4 is 5.32 Å². The van der Waals surface area contributed by atoms with Crippen LogP contribution in [0.15, 0.2) is 18.3 Å². The molecule has 2 N–H and O–H groups in total. The lowest BCUT2D eigenvalue weighted by Crippen LogP contribution is -2.33. The van der Waals surface area contributed by atoms with Crippen molar-refractivity contribution in [3.63, 3.8) is 0 Å². The van der Waals surface area contributed by atoms with Crippen molar-refractivity contribution in [3.05, 3.63) is 24.0 Å². The van der Waals surface area contributed by atoms with Gasteiger partial charge in [-0.25, -0.2) is 0 Å². The molecule has 2 heterocycles. The van der Waals surface area contributed by atoms with Gasteiger partial charge in [0.2, 0.25) is 0 Å². The first-order valence-electron chi connectivity index (χ1n) is 6.43. The Kier molecular flexibility index (Phi) is 4.90. The summed E-state index contributed by atoms with van der Waals surface area (Å²) in [6.07, 6.45) is 5.24. The van der Waals surface area contributed by atoms with Crippen LogP contribution in [0.1, 0.15) is 29.8 Å². The molecular formula is C13H18N2O3S. The van der Waals surface area contributed by atoms with Crippen molar-refractivity contribution in [3.8, 4) is 0 Å². The molecule has 0 aliphatic carbocycles. The summed E-state index contributed by atoms with van der Waals surface area (Å²) in [7, 11) is 0. The maximum Gasteiger partial charge on any atom is 0.323 e. The van der Waals surface area contributed by atoms with Crippen molar-refractivity contribution in [2.24, 2.45) is 0 Å². The summed E-state index contributed by atoms with van der Waals surface area (Å²) in [5, 5.41) is 12.2. The van der Waals surface area contributed by atoms with Crippen LogP contribution in [0.3, 0.4) is 0 Å². The molecule has 2 rings (SSSR count). The third-order valence-electron chi connectivity index (χ3n) is 3.13. The number of nitrogens with one attached hydrogen (secondary N) is 1. The second-order valence-electron chi connectivity index (χ2n) is 4.61. The van der Waals surface area contributed by atoms with Crippen LogP contribution in [0, 0.1) is 0 Å². The topological polar surface area (TPSA) is 71.3 Å². The van der Waals surface area contributed by atoms with E-state index in [1.807, 2.05) is 11.8 Å². The molecule has 1 aliphatic heterocycles. The fourth-order valence-corrected chi connectivity index (χ4v) is 3.41. The lowest BCUT2D eigenvalue weighted by molar-refractivity contribution is -0.137. The van der Waals surface area contributed by atoms with E-state index in [1.54, 1.807) is 18.3 Å². The zero-order valence-corrected chi connectivity index (χ0v) is 11.5. The zero-order chi connectivity index (χ0) is 13.7. The number of hydrogen-bond donors (Lipinski definition) is 2. The molecule has 1 unspecified atom stereocenters. The molecule has 0 aromatic carbocycles. The normalized spacial score (nSPS) is 19.1. The Hall–Kier alpha value is -1.43. The van der Waals surface area contributed by atoms with Gasteiger partial charge in [0.15, 0.2) is 0 Å². The molecule has 0 spiro atoms. The number of hydrogen-bond acceptors (Lipinski definition) is 3. The monoisotopic (exact) mass is 282 g/mol. The van der Waals surface area contributed by atoms with Crippen LogP contribution in [0.5, 0.6) is 0 Å². The molecule has 1 fully saturated rings. The highest BCUT2D eigenvalue weighted by Crippen LogP contribution is 2.24. The zero-order valence-electron chi connectivity index (χ0n) is 10.7. The van der Waals surface area contributed by atoms with Gasteiger partial charge in [0.05, 0.1) is 0 Å². The second-order valence-corrected chi connectivity index (χ2v) is 6.02. The highest BCUT2D eigenvalue weighted by molar-refractivity contribution is 7.99. The van der Waals surface area contributed by atoms with Gasteiger partial charge in [0.1, 0.15) is 12.2 Å². The van der Waals surface area contributed by atoms with Gasteiger partial charge in [-0.05, 0) is 30.7 Å². The Bertz CT molecular complexity index is 452. The molecule has 1 aromatic rings. The first kappa shape index (κ1) is 14.0. The van der Waals surface area contributed by atoms with Crippen molar-refractivity contribution in [1.82, 2.24) is 9.88 Å². The first-order chi connectivity index (χ1) is 9.16. The molecule has 1 saturated heterocycles. The van der Waals surface area contributed by atoms with Crippen LogP contribution in [0.4, 0.5) is 0 Å². The van der Waals surface area contributed by atoms with Crippen LogP contribution in [0.2, 0.25) is 0 Å². The predicted octanol–water partition coefficient (Wildman–Crippen LogP) is 1.59. The molecule has 5 nitrogen and oxygen atoms in total. The third kappa shape index (κ3) is 4.02. The van der Waals surface area contributed by atoms with E-state index in [9.17, 15) is 9.59 Å². The van der Waals surface area contributed by atoms with E-state index in [4.69, 9.17) is 5.11 Å². The first-order valence-corrected chi connectivity index (χ1v) is 7.48. The largest absolute Gasteiger partial charge is 0.480 e. The van der Waals surface area contributed by atoms with E-state index >= 15 is 0 Å². The summed E-state index contributed by atoms with van der Waals surface area (Å²) in [6.45, 7) is 0.468. The summed E-state index contributed by atoms with van der Waals surface area (Å²) in [5.41, 5.74) is 0.406. The smallest absolute Gasteiger partial charge is 0.323 e. The number of aliphatic carboxylic acids is 1. The minimum atomic E-state index is -0.951. The van der Waals surface area contributed by atoms with Gasteiger partial charge < -0.3 is 15.0 Å². The maximum atomic E-state index is 12.0. The van der Waals surface area contributed by atoms with Gasteiger partial charge in [-0.2, -0.15) is 11.8 Å². The van der Waals surface area contributed by atoms with Crippen LogP contribution in [-0.4, -0.2) is 39.1 Å². The molecule has 6 heteroatoms. The van der Waals surface area contributed by atoms with Gasteiger partial charge in [-0.3, -0.25) is 9.59 Å². The van der Waals surface area contributed by atoms with Gasteiger partial charge in [0.25, 0.3) is 5.91 Å². The van der Waals surface area contributed by atoms with Crippen LogP contribution in [-0.2, 0) is 11.3 Å². The molecule has 1 aromatic heterocycles.